The fourth-order valence-corrected chi connectivity index (χ4v) is 7.75. The third-order valence-electron chi connectivity index (χ3n) is 9.24. The number of hydrogen-bond donors (Lipinski definition) is 4. The molecule has 1 saturated heterocycles. The van der Waals surface area contributed by atoms with Gasteiger partial charge in [0, 0.05) is 24.1 Å². The van der Waals surface area contributed by atoms with Gasteiger partial charge in [0.1, 0.15) is 29.0 Å². The number of nitrogens with one attached hydrogen (secondary N) is 4. The molecule has 3 fully saturated rings. The first-order chi connectivity index (χ1) is 23.1. The standard InChI is InChI=1S/C34H47N5O9S/c1-33(2,3)48-32(44)36-26-14-9-7-5-6-8-12-22-19-34(22,31(43)38-49(45,46)25-15-16-25)37-29(41)27-18-23(20-39(27)30(26)42)35-28(40)21-11-10-13-24(17-21)47-4/h8,10-13,17,22-23,25-27H,5-7,9,14-16,18-20H2,1-4H3,(H,35,40)(H,36,44)(H,37,41)(H,38,43)/t22-,23-,26+,27+,34-/m1/s1. The number of amides is 5. The van der Waals surface area contributed by atoms with E-state index in [0.29, 0.717) is 43.4 Å². The lowest BCUT2D eigenvalue weighted by atomic mass is 10.0. The number of allylic oxidation sites excluding steroid dienone is 1. The lowest BCUT2D eigenvalue weighted by Gasteiger charge is -2.30. The Morgan fingerprint density at radius 2 is 1.80 bits per heavy atom. The molecule has 14 nitrogen and oxygen atoms in total. The minimum atomic E-state index is -3.89. The third kappa shape index (κ3) is 8.91. The van der Waals surface area contributed by atoms with E-state index in [1.807, 2.05) is 12.2 Å². The van der Waals surface area contributed by atoms with Crippen molar-refractivity contribution in [3.63, 3.8) is 0 Å². The van der Waals surface area contributed by atoms with Gasteiger partial charge < -0.3 is 30.3 Å². The van der Waals surface area contributed by atoms with E-state index in [2.05, 4.69) is 20.7 Å². The molecule has 4 N–H and O–H groups in total. The second-order valence-electron chi connectivity index (χ2n) is 14.4. The number of benzene rings is 1. The van der Waals surface area contributed by atoms with Crippen LogP contribution in [0.2, 0.25) is 0 Å². The molecular formula is C34H47N5O9S. The Labute approximate surface area is 287 Å². The molecular weight excluding hydrogens is 654 g/mol. The fourth-order valence-electron chi connectivity index (χ4n) is 6.39. The van der Waals surface area contributed by atoms with Gasteiger partial charge in [-0.25, -0.2) is 13.2 Å². The Balaban J connectivity index is 1.43. The number of alkyl carbamates (subject to hydrolysis) is 1. The molecule has 5 atom stereocenters. The van der Waals surface area contributed by atoms with Crippen LogP contribution in [0.15, 0.2) is 36.4 Å². The Morgan fingerprint density at radius 3 is 2.49 bits per heavy atom. The van der Waals surface area contributed by atoms with Crippen molar-refractivity contribution in [1.29, 1.82) is 0 Å². The van der Waals surface area contributed by atoms with E-state index in [0.717, 1.165) is 12.8 Å². The summed E-state index contributed by atoms with van der Waals surface area (Å²) < 4.78 is 38.3. The molecule has 4 aliphatic rings. The molecule has 2 aliphatic carbocycles. The van der Waals surface area contributed by atoms with Crippen molar-refractivity contribution >= 4 is 39.7 Å². The maximum atomic E-state index is 14.2. The van der Waals surface area contributed by atoms with Gasteiger partial charge >= 0.3 is 6.09 Å². The molecule has 0 radical (unpaired) electrons. The van der Waals surface area contributed by atoms with Gasteiger partial charge in [-0.05, 0) is 83.9 Å². The maximum absolute atomic E-state index is 14.2. The van der Waals surface area contributed by atoms with Crippen LogP contribution in [0.4, 0.5) is 4.79 Å². The van der Waals surface area contributed by atoms with Gasteiger partial charge in [0.05, 0.1) is 12.4 Å². The van der Waals surface area contributed by atoms with E-state index in [4.69, 9.17) is 9.47 Å². The average Bonchev–Trinajstić information content (AvgIpc) is 3.95. The van der Waals surface area contributed by atoms with E-state index in [1.165, 1.54) is 12.0 Å². The number of nitrogens with zero attached hydrogens (tertiary/aromatic N) is 1. The number of fused-ring (bicyclic) bond motifs is 2. The Bertz CT molecular complexity index is 1600. The molecule has 5 amide bonds. The van der Waals surface area contributed by atoms with Gasteiger partial charge in [0.2, 0.25) is 21.8 Å². The molecule has 0 spiro atoms. The third-order valence-corrected chi connectivity index (χ3v) is 11.1. The van der Waals surface area contributed by atoms with Crippen molar-refractivity contribution in [2.75, 3.05) is 13.7 Å². The van der Waals surface area contributed by atoms with Crippen LogP contribution in [-0.4, -0.2) is 91.2 Å². The van der Waals surface area contributed by atoms with Crippen molar-refractivity contribution in [2.45, 2.75) is 113 Å². The smallest absolute Gasteiger partial charge is 0.408 e. The minimum Gasteiger partial charge on any atom is -0.497 e. The van der Waals surface area contributed by atoms with Crippen molar-refractivity contribution in [2.24, 2.45) is 5.92 Å². The van der Waals surface area contributed by atoms with E-state index in [-0.39, 0.29) is 19.4 Å². The summed E-state index contributed by atoms with van der Waals surface area (Å²) >= 11 is 0. The zero-order valence-corrected chi connectivity index (χ0v) is 29.3. The number of hydrogen-bond acceptors (Lipinski definition) is 9. The first kappa shape index (κ1) is 36.1. The van der Waals surface area contributed by atoms with E-state index in [1.54, 1.807) is 45.0 Å². The fraction of sp³-hybridized carbons (Fsp3) is 0.618. The summed E-state index contributed by atoms with van der Waals surface area (Å²) in [4.78, 5) is 69.4. The van der Waals surface area contributed by atoms with Crippen molar-refractivity contribution in [3.05, 3.63) is 42.0 Å². The molecule has 15 heteroatoms. The highest BCUT2D eigenvalue weighted by atomic mass is 32.2. The largest absolute Gasteiger partial charge is 0.497 e. The van der Waals surface area contributed by atoms with Crippen molar-refractivity contribution in [3.8, 4) is 5.75 Å². The van der Waals surface area contributed by atoms with Crippen molar-refractivity contribution in [1.82, 2.24) is 25.6 Å². The van der Waals surface area contributed by atoms with Gasteiger partial charge in [0.15, 0.2) is 0 Å². The zero-order valence-electron chi connectivity index (χ0n) is 28.5. The highest BCUT2D eigenvalue weighted by Gasteiger charge is 2.62. The molecule has 49 heavy (non-hydrogen) atoms. The van der Waals surface area contributed by atoms with Crippen LogP contribution in [-0.2, 0) is 29.1 Å². The Morgan fingerprint density at radius 1 is 1.04 bits per heavy atom. The summed E-state index contributed by atoms with van der Waals surface area (Å²) in [5.74, 6) is -2.39. The quantitative estimate of drug-likeness (QED) is 0.309. The minimum absolute atomic E-state index is 0.0189. The van der Waals surface area contributed by atoms with Crippen LogP contribution in [0.1, 0.15) is 88.9 Å². The normalized spacial score (nSPS) is 27.7. The first-order valence-corrected chi connectivity index (χ1v) is 18.5. The molecule has 2 saturated carbocycles. The molecule has 1 aromatic carbocycles. The lowest BCUT2D eigenvalue weighted by molar-refractivity contribution is -0.141. The number of rotatable bonds is 7. The van der Waals surface area contributed by atoms with E-state index in [9.17, 15) is 32.4 Å². The predicted octanol–water partition coefficient (Wildman–Crippen LogP) is 2.29. The summed E-state index contributed by atoms with van der Waals surface area (Å²) in [5.41, 5.74) is -2.00. The number of methoxy groups -OCH3 is 1. The van der Waals surface area contributed by atoms with Crippen molar-refractivity contribution < 1.29 is 41.9 Å². The zero-order chi connectivity index (χ0) is 35.6. The van der Waals surface area contributed by atoms with Crippen LogP contribution >= 0.6 is 0 Å². The monoisotopic (exact) mass is 701 g/mol. The summed E-state index contributed by atoms with van der Waals surface area (Å²) in [7, 11) is -2.40. The van der Waals surface area contributed by atoms with E-state index >= 15 is 0 Å². The van der Waals surface area contributed by atoms with Crippen LogP contribution in [0.25, 0.3) is 0 Å². The highest BCUT2D eigenvalue weighted by Crippen LogP contribution is 2.46. The van der Waals surface area contributed by atoms with Gasteiger partial charge in [0.25, 0.3) is 11.8 Å². The molecule has 268 valence electrons. The summed E-state index contributed by atoms with van der Waals surface area (Å²) in [6.07, 6.45) is 7.25. The average molecular weight is 702 g/mol. The molecule has 5 rings (SSSR count). The topological polar surface area (TPSA) is 189 Å². The SMILES string of the molecule is COc1cccc(C(=O)N[C@@H]2C[C@H]3C(=O)N[C@]4(C(=O)NS(=O)(=O)C5CC5)C[C@H]4C=CCCCCC[C@H](NC(=O)OC(C)(C)C)C(=O)N3C2)c1. The first-order valence-electron chi connectivity index (χ1n) is 16.9. The van der Waals surface area contributed by atoms with Gasteiger partial charge in [-0.1, -0.05) is 31.1 Å². The number of sulfonamides is 1. The van der Waals surface area contributed by atoms with Crippen LogP contribution < -0.4 is 25.4 Å². The maximum Gasteiger partial charge on any atom is 0.408 e. The summed E-state index contributed by atoms with van der Waals surface area (Å²) in [5, 5.41) is 7.79. The molecule has 0 unspecified atom stereocenters. The second kappa shape index (κ2) is 14.4. The number of carbonyl (C=O) groups is 5. The molecule has 0 aromatic heterocycles. The van der Waals surface area contributed by atoms with Gasteiger partial charge in [-0.3, -0.25) is 23.9 Å². The number of ether oxygens (including phenoxy) is 2. The van der Waals surface area contributed by atoms with Crippen LogP contribution in [0.5, 0.6) is 5.75 Å². The number of carbonyl (C=O) groups excluding carboxylic acids is 5. The summed E-state index contributed by atoms with van der Waals surface area (Å²) in [6.45, 7) is 5.09. The summed E-state index contributed by atoms with van der Waals surface area (Å²) in [6, 6.07) is 3.75. The predicted molar refractivity (Wildman–Crippen MR) is 179 cm³/mol. The lowest BCUT2D eigenvalue weighted by Crippen LogP contribution is -2.58. The second-order valence-corrected chi connectivity index (χ2v) is 16.3. The molecule has 2 heterocycles. The highest BCUT2D eigenvalue weighted by molar-refractivity contribution is 7.91. The van der Waals surface area contributed by atoms with Crippen LogP contribution in [0.3, 0.4) is 0 Å². The molecule has 2 aliphatic heterocycles. The van der Waals surface area contributed by atoms with E-state index < -0.39 is 80.2 Å². The Hall–Kier alpha value is -4.14. The molecule has 1 aromatic rings. The molecule has 0 bridgehead atoms. The van der Waals surface area contributed by atoms with Crippen LogP contribution in [0, 0.1) is 5.92 Å². The Kier molecular flexibility index (Phi) is 10.6. The van der Waals surface area contributed by atoms with Gasteiger partial charge in [-0.2, -0.15) is 0 Å². The van der Waals surface area contributed by atoms with Gasteiger partial charge in [-0.15, -0.1) is 0 Å².